The van der Waals surface area contributed by atoms with Gasteiger partial charge in [-0.25, -0.2) is 4.39 Å². The van der Waals surface area contributed by atoms with E-state index in [1.807, 2.05) is 0 Å². The van der Waals surface area contributed by atoms with Crippen molar-refractivity contribution in [3.05, 3.63) is 59.9 Å². The lowest BCUT2D eigenvalue weighted by Crippen LogP contribution is -2.14. The van der Waals surface area contributed by atoms with E-state index in [9.17, 15) is 9.18 Å². The van der Waals surface area contributed by atoms with E-state index >= 15 is 0 Å². The first-order valence-electron chi connectivity index (χ1n) is 5.53. The summed E-state index contributed by atoms with van der Waals surface area (Å²) < 4.78 is 12.9. The number of nitrogens with two attached hydrogens (primary N) is 1. The summed E-state index contributed by atoms with van der Waals surface area (Å²) in [6.07, 6.45) is 0.132. The second-order valence-corrected chi connectivity index (χ2v) is 3.98. The van der Waals surface area contributed by atoms with Crippen LogP contribution in [-0.2, 0) is 11.2 Å². The first-order valence-corrected chi connectivity index (χ1v) is 5.53. The van der Waals surface area contributed by atoms with Crippen LogP contribution in [0.5, 0.6) is 0 Å². The number of hydrogen-bond acceptors (Lipinski definition) is 2. The topological polar surface area (TPSA) is 55.1 Å². The van der Waals surface area contributed by atoms with Gasteiger partial charge in [0, 0.05) is 11.4 Å². The summed E-state index contributed by atoms with van der Waals surface area (Å²) in [6, 6.07) is 12.9. The van der Waals surface area contributed by atoms with Gasteiger partial charge in [0.1, 0.15) is 5.82 Å². The van der Waals surface area contributed by atoms with Crippen molar-refractivity contribution >= 4 is 17.3 Å². The zero-order valence-corrected chi connectivity index (χ0v) is 9.69. The maximum Gasteiger partial charge on any atom is 0.228 e. The van der Waals surface area contributed by atoms with Gasteiger partial charge < -0.3 is 11.1 Å². The molecule has 0 bridgehead atoms. The molecule has 0 saturated heterocycles. The molecule has 0 saturated carbocycles. The maximum atomic E-state index is 12.9. The summed E-state index contributed by atoms with van der Waals surface area (Å²) in [6.45, 7) is 0. The minimum atomic E-state index is -0.343. The molecule has 2 rings (SSSR count). The molecular formula is C14H13FN2O. The second-order valence-electron chi connectivity index (χ2n) is 3.98. The van der Waals surface area contributed by atoms with E-state index in [0.29, 0.717) is 16.9 Å². The molecule has 0 aliphatic rings. The summed E-state index contributed by atoms with van der Waals surface area (Å²) in [5.41, 5.74) is 7.46. The van der Waals surface area contributed by atoms with Crippen molar-refractivity contribution in [3.63, 3.8) is 0 Å². The zero-order valence-electron chi connectivity index (χ0n) is 9.69. The van der Waals surface area contributed by atoms with Crippen LogP contribution in [0.4, 0.5) is 15.8 Å². The molecule has 0 radical (unpaired) electrons. The minimum Gasteiger partial charge on any atom is -0.399 e. The van der Waals surface area contributed by atoms with Crippen LogP contribution >= 0.6 is 0 Å². The quantitative estimate of drug-likeness (QED) is 0.815. The van der Waals surface area contributed by atoms with Gasteiger partial charge in [0.25, 0.3) is 0 Å². The Balaban J connectivity index is 2.01. The van der Waals surface area contributed by atoms with Crippen molar-refractivity contribution < 1.29 is 9.18 Å². The summed E-state index contributed by atoms with van der Waals surface area (Å²) in [5, 5.41) is 2.71. The van der Waals surface area contributed by atoms with Gasteiger partial charge in [-0.3, -0.25) is 4.79 Å². The Morgan fingerprint density at radius 3 is 2.67 bits per heavy atom. The van der Waals surface area contributed by atoms with Crippen LogP contribution in [0.3, 0.4) is 0 Å². The molecule has 0 atom stereocenters. The number of carbonyl (C=O) groups excluding carboxylic acids is 1. The van der Waals surface area contributed by atoms with E-state index in [2.05, 4.69) is 5.32 Å². The molecule has 0 spiro atoms. The molecule has 4 heteroatoms. The van der Waals surface area contributed by atoms with Crippen LogP contribution < -0.4 is 11.1 Å². The van der Waals surface area contributed by atoms with Crippen molar-refractivity contribution in [2.24, 2.45) is 0 Å². The maximum absolute atomic E-state index is 12.9. The van der Waals surface area contributed by atoms with Crippen molar-refractivity contribution in [2.75, 3.05) is 11.1 Å². The fraction of sp³-hybridized carbons (Fsp3) is 0.0714. The fourth-order valence-electron chi connectivity index (χ4n) is 1.65. The zero-order chi connectivity index (χ0) is 13.0. The highest BCUT2D eigenvalue weighted by molar-refractivity contribution is 5.92. The van der Waals surface area contributed by atoms with E-state index in [-0.39, 0.29) is 18.1 Å². The fourth-order valence-corrected chi connectivity index (χ4v) is 1.65. The molecule has 0 unspecified atom stereocenters. The predicted octanol–water partition coefficient (Wildman–Crippen LogP) is 2.59. The van der Waals surface area contributed by atoms with Crippen molar-refractivity contribution in [3.8, 4) is 0 Å². The lowest BCUT2D eigenvalue weighted by atomic mass is 10.1. The highest BCUT2D eigenvalue weighted by Gasteiger charge is 2.05. The van der Waals surface area contributed by atoms with Crippen molar-refractivity contribution in [1.82, 2.24) is 0 Å². The highest BCUT2D eigenvalue weighted by atomic mass is 19.1. The van der Waals surface area contributed by atoms with Gasteiger partial charge in [0.15, 0.2) is 0 Å². The molecular weight excluding hydrogens is 231 g/mol. The van der Waals surface area contributed by atoms with Crippen LogP contribution in [0.15, 0.2) is 48.5 Å². The molecule has 2 aromatic rings. The molecule has 0 aliphatic carbocycles. The summed E-state index contributed by atoms with van der Waals surface area (Å²) in [5.74, 6) is -0.546. The average molecular weight is 244 g/mol. The molecule has 0 aliphatic heterocycles. The third-order valence-corrected chi connectivity index (χ3v) is 2.42. The molecule has 0 fully saturated rings. The minimum absolute atomic E-state index is 0.132. The van der Waals surface area contributed by atoms with Gasteiger partial charge in [-0.2, -0.15) is 0 Å². The number of halogens is 1. The van der Waals surface area contributed by atoms with Crippen LogP contribution in [0.1, 0.15) is 5.56 Å². The monoisotopic (exact) mass is 244 g/mol. The lowest BCUT2D eigenvalue weighted by molar-refractivity contribution is -0.115. The molecule has 18 heavy (non-hydrogen) atoms. The number of hydrogen-bond donors (Lipinski definition) is 2. The Bertz CT molecular complexity index is 520. The molecule has 0 heterocycles. The normalized spacial score (nSPS) is 10.1. The first-order chi connectivity index (χ1) is 8.63. The molecule has 92 valence electrons. The van der Waals surface area contributed by atoms with E-state index in [4.69, 9.17) is 5.73 Å². The Morgan fingerprint density at radius 1 is 1.17 bits per heavy atom. The van der Waals surface area contributed by atoms with E-state index in [1.54, 1.807) is 36.4 Å². The van der Waals surface area contributed by atoms with E-state index in [1.165, 1.54) is 12.1 Å². The lowest BCUT2D eigenvalue weighted by Gasteiger charge is -2.06. The van der Waals surface area contributed by atoms with Gasteiger partial charge in [-0.05, 0) is 35.9 Å². The smallest absolute Gasteiger partial charge is 0.228 e. The number of anilines is 2. The summed E-state index contributed by atoms with van der Waals surface area (Å²) in [7, 11) is 0. The molecule has 3 nitrogen and oxygen atoms in total. The largest absolute Gasteiger partial charge is 0.399 e. The first kappa shape index (κ1) is 12.1. The number of nitrogens with one attached hydrogen (secondary N) is 1. The number of nitrogen functional groups attached to an aromatic ring is 1. The van der Waals surface area contributed by atoms with Gasteiger partial charge >= 0.3 is 0 Å². The summed E-state index contributed by atoms with van der Waals surface area (Å²) >= 11 is 0. The SMILES string of the molecule is Nc1cccc(NC(=O)Cc2cccc(F)c2)c1. The van der Waals surface area contributed by atoms with Gasteiger partial charge in [-0.1, -0.05) is 18.2 Å². The Kier molecular flexibility index (Phi) is 3.57. The van der Waals surface area contributed by atoms with Crippen molar-refractivity contribution in [2.45, 2.75) is 6.42 Å². The van der Waals surface area contributed by atoms with Crippen LogP contribution in [-0.4, -0.2) is 5.91 Å². The second kappa shape index (κ2) is 5.31. The molecule has 3 N–H and O–H groups in total. The number of rotatable bonds is 3. The van der Waals surface area contributed by atoms with Crippen LogP contribution in [0.25, 0.3) is 0 Å². The number of carbonyl (C=O) groups is 1. The van der Waals surface area contributed by atoms with E-state index < -0.39 is 0 Å². The standard InChI is InChI=1S/C14H13FN2O/c15-11-4-1-3-10(7-11)8-14(18)17-13-6-2-5-12(16)9-13/h1-7,9H,8,16H2,(H,17,18). The Hall–Kier alpha value is -2.36. The van der Waals surface area contributed by atoms with Crippen LogP contribution in [0.2, 0.25) is 0 Å². The Morgan fingerprint density at radius 2 is 1.94 bits per heavy atom. The Labute approximate surface area is 104 Å². The number of benzene rings is 2. The van der Waals surface area contributed by atoms with Gasteiger partial charge in [0.05, 0.1) is 6.42 Å². The van der Waals surface area contributed by atoms with Crippen molar-refractivity contribution in [1.29, 1.82) is 0 Å². The third-order valence-electron chi connectivity index (χ3n) is 2.42. The molecule has 2 aromatic carbocycles. The highest BCUT2D eigenvalue weighted by Crippen LogP contribution is 2.12. The average Bonchev–Trinajstić information content (AvgIpc) is 2.28. The third kappa shape index (κ3) is 3.31. The summed E-state index contributed by atoms with van der Waals surface area (Å²) in [4.78, 5) is 11.7. The van der Waals surface area contributed by atoms with Crippen LogP contribution in [0, 0.1) is 5.82 Å². The van der Waals surface area contributed by atoms with Gasteiger partial charge in [0.2, 0.25) is 5.91 Å². The van der Waals surface area contributed by atoms with Gasteiger partial charge in [-0.15, -0.1) is 0 Å². The predicted molar refractivity (Wildman–Crippen MR) is 69.6 cm³/mol. The molecule has 1 amide bonds. The van der Waals surface area contributed by atoms with E-state index in [0.717, 1.165) is 0 Å². The number of amides is 1. The molecule has 0 aromatic heterocycles.